The Balaban J connectivity index is 1.53. The lowest BCUT2D eigenvalue weighted by Crippen LogP contribution is -2.35. The predicted octanol–water partition coefficient (Wildman–Crippen LogP) is 2.71. The number of hydrogen-bond acceptors (Lipinski definition) is 8. The molecule has 8 nitrogen and oxygen atoms in total. The number of cyclic esters (lactones) is 1. The molecule has 2 aliphatic rings. The van der Waals surface area contributed by atoms with E-state index in [1.165, 1.54) is 16.1 Å². The van der Waals surface area contributed by atoms with Crippen molar-refractivity contribution in [1.29, 1.82) is 0 Å². The molecule has 0 unspecified atom stereocenters. The van der Waals surface area contributed by atoms with Gasteiger partial charge in [0.25, 0.3) is 5.22 Å². The fraction of sp³-hybridized carbons (Fsp3) is 0.500. The van der Waals surface area contributed by atoms with Crippen LogP contribution in [0.5, 0.6) is 0 Å². The number of aromatic nitrogens is 2. The lowest BCUT2D eigenvalue weighted by Gasteiger charge is -2.25. The van der Waals surface area contributed by atoms with Gasteiger partial charge in [-0.05, 0) is 49.7 Å². The summed E-state index contributed by atoms with van der Waals surface area (Å²) in [6.45, 7) is 2.93. The van der Waals surface area contributed by atoms with E-state index in [-0.39, 0.29) is 33.3 Å². The van der Waals surface area contributed by atoms with Gasteiger partial charge in [-0.2, -0.15) is 4.31 Å². The summed E-state index contributed by atoms with van der Waals surface area (Å²) in [5.74, 6) is -0.0653. The van der Waals surface area contributed by atoms with Gasteiger partial charge in [-0.15, -0.1) is 10.2 Å². The van der Waals surface area contributed by atoms with Gasteiger partial charge in [-0.3, -0.25) is 4.79 Å². The molecule has 0 saturated carbocycles. The SMILES string of the molecule is C[C@H]1C[C@H](Sc2nnc(-c3cccc(S(=O)(=O)N4CCCCC4)c3)o2)C(=O)O1. The van der Waals surface area contributed by atoms with Crippen molar-refractivity contribution < 1.29 is 22.4 Å². The summed E-state index contributed by atoms with van der Waals surface area (Å²) in [4.78, 5) is 12.0. The van der Waals surface area contributed by atoms with E-state index in [0.29, 0.717) is 25.1 Å². The Morgan fingerprint density at radius 3 is 2.68 bits per heavy atom. The third-order valence-corrected chi connectivity index (χ3v) is 7.74. The highest BCUT2D eigenvalue weighted by atomic mass is 32.2. The zero-order valence-corrected chi connectivity index (χ0v) is 17.0. The standard InChI is InChI=1S/C18H21N3O5S2/c1-12-10-15(17(22)25-12)27-18-20-19-16(26-18)13-6-5-7-14(11-13)28(23,24)21-8-3-2-4-9-21/h5-7,11-12,15H,2-4,8-10H2,1H3/t12-,15-/m0/s1. The Bertz CT molecular complexity index is 969. The molecule has 0 spiro atoms. The highest BCUT2D eigenvalue weighted by molar-refractivity contribution is 8.00. The molecule has 2 saturated heterocycles. The zero-order chi connectivity index (χ0) is 19.7. The van der Waals surface area contributed by atoms with Crippen LogP contribution in [0.3, 0.4) is 0 Å². The molecule has 150 valence electrons. The van der Waals surface area contributed by atoms with Gasteiger partial charge in [-0.1, -0.05) is 12.5 Å². The molecule has 0 bridgehead atoms. The summed E-state index contributed by atoms with van der Waals surface area (Å²) < 4.78 is 38.1. The molecule has 2 aliphatic heterocycles. The number of carbonyl (C=O) groups excluding carboxylic acids is 1. The van der Waals surface area contributed by atoms with E-state index in [1.54, 1.807) is 24.3 Å². The van der Waals surface area contributed by atoms with Crippen LogP contribution in [0, 0.1) is 0 Å². The molecule has 0 amide bonds. The van der Waals surface area contributed by atoms with Crippen molar-refractivity contribution in [1.82, 2.24) is 14.5 Å². The van der Waals surface area contributed by atoms with Gasteiger partial charge < -0.3 is 9.15 Å². The van der Waals surface area contributed by atoms with Crippen LogP contribution in [0.25, 0.3) is 11.5 Å². The number of esters is 1. The van der Waals surface area contributed by atoms with E-state index in [9.17, 15) is 13.2 Å². The van der Waals surface area contributed by atoms with Crippen LogP contribution in [-0.4, -0.2) is 53.3 Å². The molecule has 0 radical (unpaired) electrons. The van der Waals surface area contributed by atoms with Gasteiger partial charge in [0, 0.05) is 25.1 Å². The molecule has 3 heterocycles. The van der Waals surface area contributed by atoms with Crippen LogP contribution in [-0.2, 0) is 19.6 Å². The number of benzene rings is 1. The summed E-state index contributed by atoms with van der Waals surface area (Å²) in [6, 6.07) is 6.52. The summed E-state index contributed by atoms with van der Waals surface area (Å²) in [7, 11) is -3.54. The molecule has 1 aromatic carbocycles. The summed E-state index contributed by atoms with van der Waals surface area (Å²) in [6.07, 6.45) is 3.28. The van der Waals surface area contributed by atoms with Crippen molar-refractivity contribution in [2.75, 3.05) is 13.1 Å². The second kappa shape index (κ2) is 7.84. The molecular weight excluding hydrogens is 402 g/mol. The third-order valence-electron chi connectivity index (χ3n) is 4.81. The van der Waals surface area contributed by atoms with Gasteiger partial charge in [-0.25, -0.2) is 8.42 Å². The van der Waals surface area contributed by atoms with E-state index in [0.717, 1.165) is 19.3 Å². The summed E-state index contributed by atoms with van der Waals surface area (Å²) >= 11 is 1.17. The smallest absolute Gasteiger partial charge is 0.320 e. The van der Waals surface area contributed by atoms with Crippen molar-refractivity contribution in [2.45, 2.75) is 54.1 Å². The molecule has 10 heteroatoms. The van der Waals surface area contributed by atoms with Gasteiger partial charge in [0.15, 0.2) is 0 Å². The van der Waals surface area contributed by atoms with E-state index < -0.39 is 10.0 Å². The molecule has 28 heavy (non-hydrogen) atoms. The van der Waals surface area contributed by atoms with E-state index in [2.05, 4.69) is 10.2 Å². The first kappa shape index (κ1) is 19.4. The monoisotopic (exact) mass is 423 g/mol. The predicted molar refractivity (Wildman–Crippen MR) is 102 cm³/mol. The number of hydrogen-bond donors (Lipinski definition) is 0. The van der Waals surface area contributed by atoms with Crippen LogP contribution in [0.2, 0.25) is 0 Å². The van der Waals surface area contributed by atoms with Crippen molar-refractivity contribution in [2.24, 2.45) is 0 Å². The maximum absolute atomic E-state index is 12.9. The molecule has 1 aromatic heterocycles. The fourth-order valence-corrected chi connectivity index (χ4v) is 5.90. The maximum Gasteiger partial charge on any atom is 0.320 e. The highest BCUT2D eigenvalue weighted by Gasteiger charge is 2.34. The van der Waals surface area contributed by atoms with Crippen LogP contribution < -0.4 is 0 Å². The minimum Gasteiger partial charge on any atom is -0.462 e. The average molecular weight is 424 g/mol. The molecule has 2 fully saturated rings. The highest BCUT2D eigenvalue weighted by Crippen LogP contribution is 2.33. The quantitative estimate of drug-likeness (QED) is 0.677. The molecule has 0 N–H and O–H groups in total. The lowest BCUT2D eigenvalue weighted by atomic mass is 10.2. The fourth-order valence-electron chi connectivity index (χ4n) is 3.36. The van der Waals surface area contributed by atoms with Crippen molar-refractivity contribution in [3.63, 3.8) is 0 Å². The van der Waals surface area contributed by atoms with Crippen molar-refractivity contribution in [3.05, 3.63) is 24.3 Å². The minimum absolute atomic E-state index is 0.121. The first-order valence-corrected chi connectivity index (χ1v) is 11.6. The minimum atomic E-state index is -3.54. The molecular formula is C18H21N3O5S2. The second-order valence-corrected chi connectivity index (χ2v) is 10.0. The lowest BCUT2D eigenvalue weighted by molar-refractivity contribution is -0.140. The normalized spacial score (nSPS) is 23.7. The van der Waals surface area contributed by atoms with Crippen LogP contribution >= 0.6 is 11.8 Å². The summed E-state index contributed by atoms with van der Waals surface area (Å²) in [5, 5.41) is 7.88. The molecule has 2 atom stereocenters. The number of carbonyl (C=O) groups is 1. The second-order valence-electron chi connectivity index (χ2n) is 6.96. The van der Waals surface area contributed by atoms with Gasteiger partial charge in [0.05, 0.1) is 4.90 Å². The van der Waals surface area contributed by atoms with Gasteiger partial charge in [0.1, 0.15) is 11.4 Å². The Morgan fingerprint density at radius 1 is 1.18 bits per heavy atom. The maximum atomic E-state index is 12.9. The number of ether oxygens (including phenoxy) is 1. The van der Waals surface area contributed by atoms with Gasteiger partial charge >= 0.3 is 5.97 Å². The van der Waals surface area contributed by atoms with Crippen LogP contribution in [0.1, 0.15) is 32.6 Å². The Morgan fingerprint density at radius 2 is 1.96 bits per heavy atom. The van der Waals surface area contributed by atoms with E-state index >= 15 is 0 Å². The van der Waals surface area contributed by atoms with Crippen molar-refractivity contribution >= 4 is 27.8 Å². The number of rotatable bonds is 5. The van der Waals surface area contributed by atoms with E-state index in [1.807, 2.05) is 6.92 Å². The molecule has 2 aromatic rings. The van der Waals surface area contributed by atoms with Crippen LogP contribution in [0.15, 0.2) is 38.8 Å². The number of nitrogens with zero attached hydrogens (tertiary/aromatic N) is 3. The Kier molecular flexibility index (Phi) is 5.44. The van der Waals surface area contributed by atoms with E-state index in [4.69, 9.17) is 9.15 Å². The molecule has 4 rings (SSSR count). The first-order chi connectivity index (χ1) is 13.4. The first-order valence-electron chi connectivity index (χ1n) is 9.25. The topological polar surface area (TPSA) is 103 Å². The average Bonchev–Trinajstić information content (AvgIpc) is 3.29. The largest absolute Gasteiger partial charge is 0.462 e. The zero-order valence-electron chi connectivity index (χ0n) is 15.4. The number of piperidine rings is 1. The Labute approximate surface area is 167 Å². The number of thioether (sulfide) groups is 1. The van der Waals surface area contributed by atoms with Gasteiger partial charge in [0.2, 0.25) is 15.9 Å². The Hall–Kier alpha value is -1.91. The van der Waals surface area contributed by atoms with Crippen LogP contribution in [0.4, 0.5) is 0 Å². The summed E-state index contributed by atoms with van der Waals surface area (Å²) in [5.41, 5.74) is 0.528. The number of sulfonamides is 1. The molecule has 0 aliphatic carbocycles. The van der Waals surface area contributed by atoms with Crippen molar-refractivity contribution in [3.8, 4) is 11.5 Å². The third kappa shape index (κ3) is 3.94.